The molecule has 3 heterocycles. The molecule has 15 heavy (non-hydrogen) atoms. The second-order valence-electron chi connectivity index (χ2n) is 4.44. The Labute approximate surface area is 89.1 Å². The van der Waals surface area contributed by atoms with Crippen LogP contribution in [0.25, 0.3) is 0 Å². The van der Waals surface area contributed by atoms with E-state index in [1.807, 2.05) is 18.5 Å². The number of aliphatic hydroxyl groups is 1. The highest BCUT2D eigenvalue weighted by Gasteiger charge is 2.36. The van der Waals surface area contributed by atoms with Gasteiger partial charge in [0.15, 0.2) is 0 Å². The topological polar surface area (TPSA) is 39.6 Å². The van der Waals surface area contributed by atoms with Crippen molar-refractivity contribution in [3.63, 3.8) is 0 Å². The first-order valence-electron chi connectivity index (χ1n) is 5.35. The van der Waals surface area contributed by atoms with Gasteiger partial charge in [-0.15, -0.1) is 0 Å². The molecule has 0 aliphatic carbocycles. The monoisotopic (exact) mass is 205 g/mol. The third kappa shape index (κ3) is 1.28. The zero-order valence-electron chi connectivity index (χ0n) is 8.80. The van der Waals surface area contributed by atoms with Crippen molar-refractivity contribution in [3.05, 3.63) is 18.5 Å². The van der Waals surface area contributed by atoms with Crippen molar-refractivity contribution < 1.29 is 5.11 Å². The molecule has 4 heteroatoms. The molecular formula is C11H15N3O. The number of nitrogens with zero attached hydrogens (tertiary/aromatic N) is 3. The van der Waals surface area contributed by atoms with Crippen molar-refractivity contribution in [2.45, 2.75) is 18.6 Å². The Kier molecular flexibility index (Phi) is 1.85. The summed E-state index contributed by atoms with van der Waals surface area (Å²) in [5, 5.41) is 9.70. The predicted molar refractivity (Wildman–Crippen MR) is 59.3 cm³/mol. The summed E-state index contributed by atoms with van der Waals surface area (Å²) in [7, 11) is 2.09. The lowest BCUT2D eigenvalue weighted by Crippen LogP contribution is -2.44. The van der Waals surface area contributed by atoms with Crippen LogP contribution in [0.15, 0.2) is 18.5 Å². The fourth-order valence-corrected chi connectivity index (χ4v) is 2.69. The highest BCUT2D eigenvalue weighted by Crippen LogP contribution is 2.37. The fraction of sp³-hybridized carbons (Fsp3) is 0.545. The first kappa shape index (κ1) is 8.97. The summed E-state index contributed by atoms with van der Waals surface area (Å²) in [6.45, 7) is 1.74. The summed E-state index contributed by atoms with van der Waals surface area (Å²) in [4.78, 5) is 8.68. The van der Waals surface area contributed by atoms with Gasteiger partial charge in [-0.05, 0) is 12.5 Å². The van der Waals surface area contributed by atoms with Crippen LogP contribution in [0.2, 0.25) is 0 Å². The number of anilines is 2. The minimum absolute atomic E-state index is 0.178. The van der Waals surface area contributed by atoms with E-state index in [4.69, 9.17) is 0 Å². The van der Waals surface area contributed by atoms with Gasteiger partial charge in [-0.25, -0.2) is 0 Å². The molecule has 80 valence electrons. The Balaban J connectivity index is 2.05. The molecule has 1 aromatic rings. The van der Waals surface area contributed by atoms with Crippen LogP contribution in [0.4, 0.5) is 11.4 Å². The molecule has 2 aliphatic heterocycles. The molecule has 4 nitrogen and oxygen atoms in total. The summed E-state index contributed by atoms with van der Waals surface area (Å²) in [5.41, 5.74) is 2.38. The Hall–Kier alpha value is -1.29. The van der Waals surface area contributed by atoms with Gasteiger partial charge < -0.3 is 14.9 Å². The quantitative estimate of drug-likeness (QED) is 0.668. The van der Waals surface area contributed by atoms with E-state index in [-0.39, 0.29) is 6.10 Å². The van der Waals surface area contributed by atoms with Crippen LogP contribution < -0.4 is 9.80 Å². The second-order valence-corrected chi connectivity index (χ2v) is 4.44. The van der Waals surface area contributed by atoms with Gasteiger partial charge in [0.25, 0.3) is 0 Å². The third-order valence-corrected chi connectivity index (χ3v) is 3.38. The summed E-state index contributed by atoms with van der Waals surface area (Å²) in [6.07, 6.45) is 4.42. The Bertz CT molecular complexity index is 382. The third-order valence-electron chi connectivity index (χ3n) is 3.38. The summed E-state index contributed by atoms with van der Waals surface area (Å²) < 4.78 is 0. The maximum absolute atomic E-state index is 9.70. The number of aromatic nitrogens is 1. The van der Waals surface area contributed by atoms with Crippen molar-refractivity contribution in [2.24, 2.45) is 0 Å². The van der Waals surface area contributed by atoms with Gasteiger partial charge >= 0.3 is 0 Å². The van der Waals surface area contributed by atoms with Crippen LogP contribution in [-0.2, 0) is 0 Å². The summed E-state index contributed by atoms with van der Waals surface area (Å²) in [5.74, 6) is 0. The zero-order chi connectivity index (χ0) is 10.4. The standard InChI is InChI=1S/C11H15N3O/c1-13-6-8-4-9(15)7-14(8)10-2-3-12-5-11(10)13/h2-3,5,8-9,15H,4,6-7H2,1H3. The van der Waals surface area contributed by atoms with Gasteiger partial charge in [0.05, 0.1) is 23.7 Å². The molecule has 0 bridgehead atoms. The van der Waals surface area contributed by atoms with E-state index in [0.29, 0.717) is 6.04 Å². The molecule has 2 aliphatic rings. The van der Waals surface area contributed by atoms with Gasteiger partial charge in [0, 0.05) is 32.4 Å². The number of rotatable bonds is 0. The smallest absolute Gasteiger partial charge is 0.0788 e. The van der Waals surface area contributed by atoms with E-state index in [9.17, 15) is 5.11 Å². The Morgan fingerprint density at radius 2 is 2.27 bits per heavy atom. The SMILES string of the molecule is CN1CC2CC(O)CN2c2ccncc21. The molecule has 0 saturated carbocycles. The minimum Gasteiger partial charge on any atom is -0.391 e. The second kappa shape index (κ2) is 3.10. The Morgan fingerprint density at radius 1 is 1.40 bits per heavy atom. The lowest BCUT2D eigenvalue weighted by atomic mass is 10.1. The maximum atomic E-state index is 9.70. The van der Waals surface area contributed by atoms with Crippen molar-refractivity contribution >= 4 is 11.4 Å². The molecule has 3 rings (SSSR count). The lowest BCUT2D eigenvalue weighted by Gasteiger charge is -2.38. The number of aliphatic hydroxyl groups excluding tert-OH is 1. The first-order valence-corrected chi connectivity index (χ1v) is 5.35. The highest BCUT2D eigenvalue weighted by molar-refractivity contribution is 5.73. The van der Waals surface area contributed by atoms with Gasteiger partial charge in [0.2, 0.25) is 0 Å². The maximum Gasteiger partial charge on any atom is 0.0788 e. The fourth-order valence-electron chi connectivity index (χ4n) is 2.69. The van der Waals surface area contributed by atoms with Crippen LogP contribution >= 0.6 is 0 Å². The van der Waals surface area contributed by atoms with Crippen LogP contribution in [0.1, 0.15) is 6.42 Å². The zero-order valence-corrected chi connectivity index (χ0v) is 8.80. The number of fused-ring (bicyclic) bond motifs is 3. The summed E-state index contributed by atoms with van der Waals surface area (Å²) >= 11 is 0. The molecule has 0 radical (unpaired) electrons. The van der Waals surface area contributed by atoms with Crippen LogP contribution in [0.5, 0.6) is 0 Å². The van der Waals surface area contributed by atoms with Gasteiger partial charge in [-0.2, -0.15) is 0 Å². The van der Waals surface area contributed by atoms with Crippen LogP contribution in [0.3, 0.4) is 0 Å². The molecule has 2 atom stereocenters. The van der Waals surface area contributed by atoms with Gasteiger partial charge in [-0.3, -0.25) is 4.98 Å². The molecule has 0 spiro atoms. The first-order chi connectivity index (χ1) is 7.25. The molecule has 1 aromatic heterocycles. The molecular weight excluding hydrogens is 190 g/mol. The predicted octanol–water partition coefficient (Wildman–Crippen LogP) is 0.471. The van der Waals surface area contributed by atoms with Gasteiger partial charge in [-0.1, -0.05) is 0 Å². The van der Waals surface area contributed by atoms with E-state index in [2.05, 4.69) is 21.8 Å². The molecule has 1 fully saturated rings. The van der Waals surface area contributed by atoms with Crippen molar-refractivity contribution in [2.75, 3.05) is 29.9 Å². The minimum atomic E-state index is -0.178. The summed E-state index contributed by atoms with van der Waals surface area (Å²) in [6, 6.07) is 2.50. The van der Waals surface area contributed by atoms with Crippen molar-refractivity contribution in [1.82, 2.24) is 4.98 Å². The molecule has 2 unspecified atom stereocenters. The molecule has 0 amide bonds. The molecule has 1 N–H and O–H groups in total. The molecule has 1 saturated heterocycles. The number of hydrogen-bond donors (Lipinski definition) is 1. The van der Waals surface area contributed by atoms with E-state index >= 15 is 0 Å². The highest BCUT2D eigenvalue weighted by atomic mass is 16.3. The van der Waals surface area contributed by atoms with E-state index in [1.165, 1.54) is 11.4 Å². The van der Waals surface area contributed by atoms with Crippen molar-refractivity contribution in [1.29, 1.82) is 0 Å². The number of pyridine rings is 1. The molecule has 0 aromatic carbocycles. The van der Waals surface area contributed by atoms with Crippen LogP contribution in [0, 0.1) is 0 Å². The van der Waals surface area contributed by atoms with E-state index in [1.54, 1.807) is 0 Å². The number of likely N-dealkylation sites (N-methyl/N-ethyl adjacent to an activating group) is 1. The van der Waals surface area contributed by atoms with E-state index < -0.39 is 0 Å². The number of hydrogen-bond acceptors (Lipinski definition) is 4. The van der Waals surface area contributed by atoms with Crippen molar-refractivity contribution in [3.8, 4) is 0 Å². The largest absolute Gasteiger partial charge is 0.391 e. The lowest BCUT2D eigenvalue weighted by molar-refractivity contribution is 0.194. The van der Waals surface area contributed by atoms with Gasteiger partial charge in [0.1, 0.15) is 0 Å². The average Bonchev–Trinajstić information content (AvgIpc) is 2.59. The Morgan fingerprint density at radius 3 is 3.13 bits per heavy atom. The normalized spacial score (nSPS) is 28.9. The average molecular weight is 205 g/mol. The van der Waals surface area contributed by atoms with Crippen LogP contribution in [-0.4, -0.2) is 42.4 Å². The van der Waals surface area contributed by atoms with E-state index in [0.717, 1.165) is 19.5 Å².